The molecule has 0 heterocycles. The molecule has 0 bridgehead atoms. The lowest BCUT2D eigenvalue weighted by Gasteiger charge is -2.06. The SMILES string of the molecule is CS(C)=O.O=S(=O)([O-])[O-]. The number of hydrogen-bond donors (Lipinski definition) is 0. The van der Waals surface area contributed by atoms with E-state index >= 15 is 0 Å². The van der Waals surface area contributed by atoms with Gasteiger partial charge in [-0.15, -0.1) is 0 Å². The summed E-state index contributed by atoms with van der Waals surface area (Å²) in [6.45, 7) is 0. The highest BCUT2D eigenvalue weighted by atomic mass is 32.3. The lowest BCUT2D eigenvalue weighted by Crippen LogP contribution is -1.91. The van der Waals surface area contributed by atoms with E-state index in [2.05, 4.69) is 0 Å². The molecule has 0 amide bonds. The summed E-state index contributed by atoms with van der Waals surface area (Å²) in [5.41, 5.74) is 0. The van der Waals surface area contributed by atoms with Crippen LogP contribution < -0.4 is 0 Å². The van der Waals surface area contributed by atoms with Crippen LogP contribution in [0.1, 0.15) is 0 Å². The van der Waals surface area contributed by atoms with Crippen molar-refractivity contribution in [2.75, 3.05) is 12.5 Å². The molecule has 0 N–H and O–H groups in total. The summed E-state index contributed by atoms with van der Waals surface area (Å²) >= 11 is 0. The van der Waals surface area contributed by atoms with Crippen LogP contribution in [0.25, 0.3) is 0 Å². The second-order valence-corrected chi connectivity index (χ2v) is 3.45. The number of hydrogen-bond acceptors (Lipinski definition) is 5. The van der Waals surface area contributed by atoms with E-state index in [0.717, 1.165) is 0 Å². The van der Waals surface area contributed by atoms with E-state index < -0.39 is 21.2 Å². The molecule has 0 spiro atoms. The zero-order valence-corrected chi connectivity index (χ0v) is 6.49. The average molecular weight is 174 g/mol. The van der Waals surface area contributed by atoms with Crippen molar-refractivity contribution in [3.05, 3.63) is 0 Å². The van der Waals surface area contributed by atoms with Crippen LogP contribution in [-0.2, 0) is 21.2 Å². The zero-order chi connectivity index (χ0) is 8.08. The quantitative estimate of drug-likeness (QED) is 0.334. The maximum atomic E-state index is 9.56. The minimum absolute atomic E-state index is 0.611. The van der Waals surface area contributed by atoms with E-state index in [0.29, 0.717) is 0 Å². The summed E-state index contributed by atoms with van der Waals surface area (Å²) in [5.74, 6) is 0. The Hall–Kier alpha value is 0.0200. The Balaban J connectivity index is 0. The minimum atomic E-state index is -5.17. The molecule has 0 aliphatic heterocycles. The predicted octanol–water partition coefficient (Wildman–Crippen LogP) is -1.34. The molecule has 0 radical (unpaired) electrons. The van der Waals surface area contributed by atoms with Crippen molar-refractivity contribution in [2.45, 2.75) is 0 Å². The monoisotopic (exact) mass is 174 g/mol. The topological polar surface area (TPSA) is 97.3 Å². The summed E-state index contributed by atoms with van der Waals surface area (Å²) < 4.78 is 43.6. The fourth-order valence-electron chi connectivity index (χ4n) is 0. The van der Waals surface area contributed by atoms with Gasteiger partial charge in [0, 0.05) is 33.7 Å². The maximum Gasteiger partial charge on any atom is 0.0311 e. The van der Waals surface area contributed by atoms with Gasteiger partial charge in [0.05, 0.1) is 0 Å². The summed E-state index contributed by atoms with van der Waals surface area (Å²) in [4.78, 5) is 0. The highest BCUT2D eigenvalue weighted by Crippen LogP contribution is 1.57. The van der Waals surface area contributed by atoms with Crippen LogP contribution in [-0.4, -0.2) is 34.2 Å². The van der Waals surface area contributed by atoms with Crippen LogP contribution in [0.2, 0.25) is 0 Å². The molecule has 0 aromatic carbocycles. The Bertz CT molecular complexity index is 155. The van der Waals surface area contributed by atoms with E-state index in [9.17, 15) is 4.21 Å². The highest BCUT2D eigenvalue weighted by Gasteiger charge is 1.57. The standard InChI is InChI=1S/C2H6OS.H2O4S/c1-4(2)3;1-5(2,3)4/h1-2H3;(H2,1,2,3,4)/p-2. The molecule has 0 fully saturated rings. The van der Waals surface area contributed by atoms with Gasteiger partial charge in [0.25, 0.3) is 0 Å². The molecular weight excluding hydrogens is 168 g/mol. The molecule has 0 aliphatic carbocycles. The Morgan fingerprint density at radius 2 is 1.22 bits per heavy atom. The third-order valence-corrected chi connectivity index (χ3v) is 0. The van der Waals surface area contributed by atoms with Gasteiger partial charge in [-0.2, -0.15) is 0 Å². The largest absolute Gasteiger partial charge is 0.759 e. The van der Waals surface area contributed by atoms with Gasteiger partial charge >= 0.3 is 0 Å². The van der Waals surface area contributed by atoms with Gasteiger partial charge in [-0.1, -0.05) is 0 Å². The third-order valence-electron chi connectivity index (χ3n) is 0. The molecule has 0 atom stereocenters. The van der Waals surface area contributed by atoms with Gasteiger partial charge in [0.2, 0.25) is 0 Å². The van der Waals surface area contributed by atoms with Crippen LogP contribution in [0.4, 0.5) is 0 Å². The van der Waals surface area contributed by atoms with Crippen LogP contribution in [0.5, 0.6) is 0 Å². The van der Waals surface area contributed by atoms with Gasteiger partial charge < -0.3 is 9.11 Å². The van der Waals surface area contributed by atoms with Gasteiger partial charge in [-0.3, -0.25) is 12.6 Å². The molecule has 9 heavy (non-hydrogen) atoms. The third kappa shape index (κ3) is 727000. The first-order chi connectivity index (χ1) is 3.73. The van der Waals surface area contributed by atoms with Crippen LogP contribution in [0.15, 0.2) is 0 Å². The van der Waals surface area contributed by atoms with Crippen molar-refractivity contribution in [2.24, 2.45) is 0 Å². The van der Waals surface area contributed by atoms with Crippen molar-refractivity contribution in [1.82, 2.24) is 0 Å². The first kappa shape index (κ1) is 11.8. The van der Waals surface area contributed by atoms with Gasteiger partial charge in [-0.05, 0) is 0 Å². The fraction of sp³-hybridized carbons (Fsp3) is 1.00. The lowest BCUT2D eigenvalue weighted by molar-refractivity contribution is 0.352. The minimum Gasteiger partial charge on any atom is -0.759 e. The lowest BCUT2D eigenvalue weighted by atomic mass is 11.9. The zero-order valence-electron chi connectivity index (χ0n) is 4.86. The Morgan fingerprint density at radius 1 is 1.22 bits per heavy atom. The van der Waals surface area contributed by atoms with Crippen molar-refractivity contribution in [3.63, 3.8) is 0 Å². The van der Waals surface area contributed by atoms with Crippen molar-refractivity contribution in [3.8, 4) is 0 Å². The smallest absolute Gasteiger partial charge is 0.0311 e. The second kappa shape index (κ2) is 4.86. The molecule has 58 valence electrons. The second-order valence-electron chi connectivity index (χ2n) is 1.15. The summed E-state index contributed by atoms with van der Waals surface area (Å²) in [6.07, 6.45) is 3.28. The summed E-state index contributed by atoms with van der Waals surface area (Å²) in [5, 5.41) is 0. The van der Waals surface area contributed by atoms with Crippen LogP contribution in [0.3, 0.4) is 0 Å². The Labute approximate surface area is 56.1 Å². The molecule has 5 nitrogen and oxygen atoms in total. The Kier molecular flexibility index (Phi) is 6.35. The van der Waals surface area contributed by atoms with Crippen molar-refractivity contribution < 1.29 is 21.7 Å². The van der Waals surface area contributed by atoms with E-state index in [1.165, 1.54) is 0 Å². The van der Waals surface area contributed by atoms with Crippen LogP contribution in [0, 0.1) is 0 Å². The molecule has 0 unspecified atom stereocenters. The van der Waals surface area contributed by atoms with E-state index in [1.54, 1.807) is 12.5 Å². The van der Waals surface area contributed by atoms with Crippen LogP contribution >= 0.6 is 0 Å². The fourth-order valence-corrected chi connectivity index (χ4v) is 0. The molecular formula is C2H6O5S2-2. The molecule has 0 saturated heterocycles. The summed E-state index contributed by atoms with van der Waals surface area (Å²) in [7, 11) is -5.78. The van der Waals surface area contributed by atoms with Gasteiger partial charge in [-0.25, -0.2) is 0 Å². The normalized spacial score (nSPS) is 10.3. The molecule has 0 aliphatic rings. The van der Waals surface area contributed by atoms with Crippen molar-refractivity contribution in [1.29, 1.82) is 0 Å². The first-order valence-corrected chi connectivity index (χ1v) is 4.95. The first-order valence-electron chi connectivity index (χ1n) is 1.65. The summed E-state index contributed by atoms with van der Waals surface area (Å²) in [6, 6.07) is 0. The van der Waals surface area contributed by atoms with Gasteiger partial charge in [0.1, 0.15) is 0 Å². The molecule has 0 aromatic rings. The Morgan fingerprint density at radius 3 is 1.22 bits per heavy atom. The van der Waals surface area contributed by atoms with E-state index in [1.807, 2.05) is 0 Å². The average Bonchev–Trinajstić information content (AvgIpc) is 1.19. The molecule has 0 aromatic heterocycles. The predicted molar refractivity (Wildman–Crippen MR) is 30.5 cm³/mol. The molecule has 7 heteroatoms. The number of rotatable bonds is 0. The molecule has 0 rings (SSSR count). The van der Waals surface area contributed by atoms with Crippen molar-refractivity contribution >= 4 is 21.2 Å². The van der Waals surface area contributed by atoms with E-state index in [4.69, 9.17) is 17.5 Å². The maximum absolute atomic E-state index is 9.56. The highest BCUT2D eigenvalue weighted by molar-refractivity contribution is 7.83. The molecule has 0 saturated carbocycles. The van der Waals surface area contributed by atoms with Gasteiger partial charge in [0.15, 0.2) is 0 Å². The van der Waals surface area contributed by atoms with E-state index in [-0.39, 0.29) is 0 Å².